The van der Waals surface area contributed by atoms with E-state index in [1.807, 2.05) is 12.1 Å². The maximum atomic E-state index is 12.5. The molecule has 4 rings (SSSR count). The second-order valence-electron chi connectivity index (χ2n) is 8.71. The zero-order valence-corrected chi connectivity index (χ0v) is 21.3. The number of carbonyl (C=O) groups excluding carboxylic acids is 1. The van der Waals surface area contributed by atoms with Gasteiger partial charge in [0.15, 0.2) is 10.3 Å². The number of thiazole rings is 1. The number of nitrogens with zero attached hydrogens (tertiary/aromatic N) is 4. The van der Waals surface area contributed by atoms with Crippen LogP contribution in [-0.2, 0) is 10.5 Å². The van der Waals surface area contributed by atoms with Crippen molar-refractivity contribution in [1.82, 2.24) is 14.5 Å². The Morgan fingerprint density at radius 3 is 2.62 bits per heavy atom. The minimum absolute atomic E-state index is 0.0219. The summed E-state index contributed by atoms with van der Waals surface area (Å²) < 4.78 is 2.46. The smallest absolute Gasteiger partial charge is 0.230 e. The van der Waals surface area contributed by atoms with Crippen LogP contribution in [0, 0.1) is 27.7 Å². The van der Waals surface area contributed by atoms with Gasteiger partial charge in [-0.2, -0.15) is 0 Å². The van der Waals surface area contributed by atoms with Crippen molar-refractivity contribution in [1.29, 1.82) is 0 Å². The third kappa shape index (κ3) is 4.64. The van der Waals surface area contributed by atoms with Gasteiger partial charge in [0.1, 0.15) is 0 Å². The number of hydrogen-bond acceptors (Lipinski definition) is 5. The fraction of sp³-hybridized carbons (Fsp3) is 0.480. The lowest BCUT2D eigenvalue weighted by Gasteiger charge is -2.26. The van der Waals surface area contributed by atoms with Gasteiger partial charge in [0.2, 0.25) is 5.91 Å². The highest BCUT2D eigenvalue weighted by Crippen LogP contribution is 2.37. The van der Waals surface area contributed by atoms with Gasteiger partial charge in [0, 0.05) is 29.8 Å². The molecule has 0 radical (unpaired) electrons. The average Bonchev–Trinajstić information content (AvgIpc) is 3.34. The number of imidazole rings is 1. The molecule has 5 nitrogen and oxygen atoms in total. The number of amides is 1. The monoisotopic (exact) mass is 468 g/mol. The predicted molar refractivity (Wildman–Crippen MR) is 134 cm³/mol. The number of thioether (sulfide) groups is 1. The van der Waals surface area contributed by atoms with Crippen LogP contribution >= 0.6 is 23.1 Å². The number of benzene rings is 1. The van der Waals surface area contributed by atoms with Crippen LogP contribution in [0.1, 0.15) is 73.3 Å². The summed E-state index contributed by atoms with van der Waals surface area (Å²) in [5.41, 5.74) is 6.58. The van der Waals surface area contributed by atoms with E-state index in [-0.39, 0.29) is 5.91 Å². The van der Waals surface area contributed by atoms with Gasteiger partial charge in [-0.15, -0.1) is 11.3 Å². The molecular weight excluding hydrogens is 436 g/mol. The second-order valence-corrected chi connectivity index (χ2v) is 10.5. The number of carbonyl (C=O) groups is 1. The van der Waals surface area contributed by atoms with Crippen molar-refractivity contribution >= 4 is 39.8 Å². The Bertz CT molecular complexity index is 1110. The van der Waals surface area contributed by atoms with Crippen molar-refractivity contribution in [2.24, 2.45) is 0 Å². The molecule has 0 unspecified atom stereocenters. The second kappa shape index (κ2) is 9.79. The Labute approximate surface area is 199 Å². The van der Waals surface area contributed by atoms with Crippen molar-refractivity contribution in [2.75, 3.05) is 4.90 Å². The van der Waals surface area contributed by atoms with Crippen molar-refractivity contribution in [2.45, 2.75) is 83.7 Å². The molecule has 0 saturated heterocycles. The molecule has 1 saturated carbocycles. The molecule has 1 aliphatic carbocycles. The molecule has 2 aromatic heterocycles. The predicted octanol–water partition coefficient (Wildman–Crippen LogP) is 7.06. The number of hydrogen-bond donors (Lipinski definition) is 0. The molecule has 1 amide bonds. The molecule has 0 aliphatic heterocycles. The maximum Gasteiger partial charge on any atom is 0.230 e. The van der Waals surface area contributed by atoms with Gasteiger partial charge in [-0.3, -0.25) is 9.69 Å². The lowest BCUT2D eigenvalue weighted by atomic mass is 9.95. The van der Waals surface area contributed by atoms with Crippen LogP contribution in [0.5, 0.6) is 0 Å². The molecule has 0 atom stereocenters. The standard InChI is InChI=1S/C25H32N4OS2/c1-16-10-9-13-23(17(16)2)29(20(5)30)25-27-21(15-32-25)14-31-24-26-18(3)19(4)28(24)22-11-7-6-8-12-22/h9-10,13,15,22H,6-8,11-12,14H2,1-5H3. The summed E-state index contributed by atoms with van der Waals surface area (Å²) >= 11 is 3.28. The topological polar surface area (TPSA) is 51.0 Å². The Morgan fingerprint density at radius 2 is 1.91 bits per heavy atom. The fourth-order valence-electron chi connectivity index (χ4n) is 4.46. The van der Waals surface area contributed by atoms with Gasteiger partial charge < -0.3 is 4.57 Å². The Morgan fingerprint density at radius 1 is 1.16 bits per heavy atom. The molecule has 7 heteroatoms. The summed E-state index contributed by atoms with van der Waals surface area (Å²) in [6.07, 6.45) is 6.45. The summed E-state index contributed by atoms with van der Waals surface area (Å²) in [6, 6.07) is 6.62. The Kier molecular flexibility index (Phi) is 7.05. The zero-order valence-electron chi connectivity index (χ0n) is 19.6. The van der Waals surface area contributed by atoms with E-state index in [1.165, 1.54) is 54.7 Å². The van der Waals surface area contributed by atoms with Crippen LogP contribution in [-0.4, -0.2) is 20.4 Å². The lowest BCUT2D eigenvalue weighted by Crippen LogP contribution is -2.23. The third-order valence-corrected chi connectivity index (χ3v) is 8.37. The molecule has 0 N–H and O–H groups in total. The van der Waals surface area contributed by atoms with Crippen LogP contribution < -0.4 is 4.90 Å². The van der Waals surface area contributed by atoms with Crippen LogP contribution in [0.3, 0.4) is 0 Å². The van der Waals surface area contributed by atoms with Gasteiger partial charge in [0.25, 0.3) is 0 Å². The van der Waals surface area contributed by atoms with Crippen molar-refractivity contribution in [3.8, 4) is 0 Å². The molecule has 1 aromatic carbocycles. The molecule has 0 spiro atoms. The van der Waals surface area contributed by atoms with Crippen LogP contribution in [0.2, 0.25) is 0 Å². The van der Waals surface area contributed by atoms with Gasteiger partial charge in [-0.25, -0.2) is 9.97 Å². The number of rotatable bonds is 6. The molecule has 0 bridgehead atoms. The van der Waals surface area contributed by atoms with Crippen LogP contribution in [0.15, 0.2) is 28.7 Å². The number of anilines is 2. The van der Waals surface area contributed by atoms with E-state index < -0.39 is 0 Å². The summed E-state index contributed by atoms with van der Waals surface area (Å²) in [4.78, 5) is 24.0. The van der Waals surface area contributed by atoms with Gasteiger partial charge in [-0.05, 0) is 57.7 Å². The minimum atomic E-state index is -0.0219. The Balaban J connectivity index is 1.54. The highest BCUT2D eigenvalue weighted by atomic mass is 32.2. The first-order chi connectivity index (χ1) is 15.4. The van der Waals surface area contributed by atoms with E-state index in [4.69, 9.17) is 9.97 Å². The van der Waals surface area contributed by atoms with Crippen molar-refractivity contribution in [3.63, 3.8) is 0 Å². The van der Waals surface area contributed by atoms with E-state index in [0.717, 1.165) is 38.7 Å². The van der Waals surface area contributed by atoms with Gasteiger partial charge in [0.05, 0.1) is 17.1 Å². The molecular formula is C25H32N4OS2. The maximum absolute atomic E-state index is 12.5. The number of aromatic nitrogens is 3. The van der Waals surface area contributed by atoms with Crippen LogP contribution in [0.4, 0.5) is 10.8 Å². The van der Waals surface area contributed by atoms with E-state index in [2.05, 4.69) is 43.7 Å². The molecule has 2 heterocycles. The first kappa shape index (κ1) is 23.1. The van der Waals surface area contributed by atoms with Crippen LogP contribution in [0.25, 0.3) is 0 Å². The summed E-state index contributed by atoms with van der Waals surface area (Å²) in [6.45, 7) is 10.0. The van der Waals surface area contributed by atoms with Gasteiger partial charge >= 0.3 is 0 Å². The molecule has 1 fully saturated rings. The zero-order chi connectivity index (χ0) is 22.8. The van der Waals surface area contributed by atoms with E-state index in [0.29, 0.717) is 6.04 Å². The molecule has 170 valence electrons. The summed E-state index contributed by atoms with van der Waals surface area (Å²) in [5, 5.41) is 3.89. The molecule has 32 heavy (non-hydrogen) atoms. The lowest BCUT2D eigenvalue weighted by molar-refractivity contribution is -0.115. The highest BCUT2D eigenvalue weighted by Gasteiger charge is 2.23. The van der Waals surface area contributed by atoms with E-state index in [1.54, 1.807) is 23.6 Å². The minimum Gasteiger partial charge on any atom is -0.320 e. The first-order valence-corrected chi connectivity index (χ1v) is 13.2. The average molecular weight is 469 g/mol. The quantitative estimate of drug-likeness (QED) is 0.364. The SMILES string of the molecule is CC(=O)N(c1nc(CSc2nc(C)c(C)n2C2CCCCC2)cs1)c1cccc(C)c1C. The molecule has 1 aliphatic rings. The van der Waals surface area contributed by atoms with Crippen molar-refractivity contribution in [3.05, 3.63) is 51.8 Å². The largest absolute Gasteiger partial charge is 0.320 e. The van der Waals surface area contributed by atoms with Gasteiger partial charge in [-0.1, -0.05) is 43.2 Å². The Hall–Kier alpha value is -2.12. The van der Waals surface area contributed by atoms with E-state index in [9.17, 15) is 4.79 Å². The summed E-state index contributed by atoms with van der Waals surface area (Å²) in [5.74, 6) is 0.726. The number of aryl methyl sites for hydroxylation is 2. The fourth-order valence-corrected chi connectivity index (χ4v) is 6.49. The third-order valence-electron chi connectivity index (χ3n) is 6.51. The normalized spacial score (nSPS) is 14.7. The highest BCUT2D eigenvalue weighted by molar-refractivity contribution is 7.98. The first-order valence-electron chi connectivity index (χ1n) is 11.4. The van der Waals surface area contributed by atoms with Crippen molar-refractivity contribution < 1.29 is 4.79 Å². The van der Waals surface area contributed by atoms with E-state index >= 15 is 0 Å². The molecule has 3 aromatic rings. The summed E-state index contributed by atoms with van der Waals surface area (Å²) in [7, 11) is 0.